The number of rotatable bonds is 5. The smallest absolute Gasteiger partial charge is 0.259 e. The lowest BCUT2D eigenvalue weighted by molar-refractivity contribution is 0.0583. The average molecular weight is 430 g/mol. The third-order valence-corrected chi connectivity index (χ3v) is 7.12. The molecule has 4 heterocycles. The van der Waals surface area contributed by atoms with Crippen molar-refractivity contribution < 1.29 is 9.53 Å². The van der Waals surface area contributed by atoms with Gasteiger partial charge in [0.1, 0.15) is 11.3 Å². The molecule has 0 spiro atoms. The predicted molar refractivity (Wildman–Crippen MR) is 123 cm³/mol. The monoisotopic (exact) mass is 429 g/mol. The van der Waals surface area contributed by atoms with Gasteiger partial charge in [-0.3, -0.25) is 9.59 Å². The van der Waals surface area contributed by atoms with Crippen LogP contribution < -0.4 is 10.3 Å². The number of piperidine rings is 2. The molecule has 0 N–H and O–H groups in total. The molecule has 1 aromatic heterocycles. The van der Waals surface area contributed by atoms with E-state index in [0.29, 0.717) is 36.4 Å². The summed E-state index contributed by atoms with van der Waals surface area (Å²) in [6.07, 6.45) is 9.94. The molecule has 0 aromatic carbocycles. The van der Waals surface area contributed by atoms with Crippen molar-refractivity contribution in [2.24, 2.45) is 5.92 Å². The predicted octanol–water partition coefficient (Wildman–Crippen LogP) is 3.70. The van der Waals surface area contributed by atoms with Gasteiger partial charge in [-0.1, -0.05) is 26.7 Å². The molecule has 172 valence electrons. The van der Waals surface area contributed by atoms with Gasteiger partial charge in [-0.25, -0.2) is 0 Å². The second-order valence-corrected chi connectivity index (χ2v) is 9.96. The highest BCUT2D eigenvalue weighted by Gasteiger charge is 2.32. The second-order valence-electron chi connectivity index (χ2n) is 9.96. The number of nitrogens with zero attached hydrogens (tertiary/aromatic N) is 3. The summed E-state index contributed by atoms with van der Waals surface area (Å²) < 4.78 is 7.88. The fourth-order valence-corrected chi connectivity index (χ4v) is 5.39. The first kappa shape index (κ1) is 22.4. The molecule has 4 rings (SSSR count). The van der Waals surface area contributed by atoms with Crippen LogP contribution in [0.5, 0.6) is 5.75 Å². The number of likely N-dealkylation sites (tertiary alicyclic amines) is 2. The van der Waals surface area contributed by atoms with Gasteiger partial charge in [0.25, 0.3) is 11.5 Å². The van der Waals surface area contributed by atoms with Crippen LogP contribution in [0.15, 0.2) is 10.9 Å². The largest absolute Gasteiger partial charge is 0.492 e. The van der Waals surface area contributed by atoms with E-state index in [-0.39, 0.29) is 11.5 Å². The highest BCUT2D eigenvalue weighted by atomic mass is 16.5. The summed E-state index contributed by atoms with van der Waals surface area (Å²) in [5.74, 6) is 0.890. The van der Waals surface area contributed by atoms with Gasteiger partial charge in [0.15, 0.2) is 0 Å². The van der Waals surface area contributed by atoms with E-state index in [0.717, 1.165) is 57.3 Å². The Morgan fingerprint density at radius 2 is 1.68 bits per heavy atom. The van der Waals surface area contributed by atoms with Crippen molar-refractivity contribution >= 4 is 5.91 Å². The minimum absolute atomic E-state index is 0.0315. The standard InChI is InChI=1S/C25H39N3O3/c1-19(2)18-31-22-17-23(29)28-14-8-3-5-9-21(28)24(22)25(30)27-15-10-20(11-16-27)26-12-6-4-7-13-26/h17,19-20H,3-16,18H2,1-2H3. The van der Waals surface area contributed by atoms with Gasteiger partial charge in [0.05, 0.1) is 6.61 Å². The second kappa shape index (κ2) is 10.2. The van der Waals surface area contributed by atoms with Crippen LogP contribution in [-0.4, -0.2) is 59.1 Å². The number of aromatic nitrogens is 1. The Kier molecular flexibility index (Phi) is 7.36. The molecule has 0 saturated carbocycles. The van der Waals surface area contributed by atoms with Crippen molar-refractivity contribution in [3.05, 3.63) is 27.7 Å². The molecule has 0 radical (unpaired) electrons. The molecule has 6 heteroatoms. The lowest BCUT2D eigenvalue weighted by Crippen LogP contribution is -2.48. The molecule has 2 saturated heterocycles. The SMILES string of the molecule is CC(C)COc1cc(=O)n2c(c1C(=O)N1CCC(N3CCCCC3)CC1)CCCCC2. The van der Waals surface area contributed by atoms with Crippen LogP contribution in [0.4, 0.5) is 0 Å². The Balaban J connectivity index is 1.56. The van der Waals surface area contributed by atoms with Crippen LogP contribution in [0.25, 0.3) is 0 Å². The maximum atomic E-state index is 13.8. The highest BCUT2D eigenvalue weighted by molar-refractivity contribution is 5.98. The van der Waals surface area contributed by atoms with Crippen LogP contribution >= 0.6 is 0 Å². The number of fused-ring (bicyclic) bond motifs is 1. The number of amides is 1. The molecular formula is C25H39N3O3. The molecular weight excluding hydrogens is 390 g/mol. The minimum atomic E-state index is -0.0315. The third kappa shape index (κ3) is 5.16. The van der Waals surface area contributed by atoms with Gasteiger partial charge in [0, 0.05) is 37.4 Å². The topological polar surface area (TPSA) is 54.8 Å². The van der Waals surface area contributed by atoms with Crippen molar-refractivity contribution in [1.82, 2.24) is 14.4 Å². The first-order chi connectivity index (χ1) is 15.0. The normalized spacial score (nSPS) is 21.1. The molecule has 0 atom stereocenters. The van der Waals surface area contributed by atoms with Gasteiger partial charge < -0.3 is 19.1 Å². The summed E-state index contributed by atoms with van der Waals surface area (Å²) in [5.41, 5.74) is 1.52. The Hall–Kier alpha value is -1.82. The van der Waals surface area contributed by atoms with E-state index in [1.807, 2.05) is 9.47 Å². The summed E-state index contributed by atoms with van der Waals surface area (Å²) in [6.45, 7) is 9.40. The van der Waals surface area contributed by atoms with E-state index < -0.39 is 0 Å². The number of hydrogen-bond acceptors (Lipinski definition) is 4. The number of pyridine rings is 1. The Labute approximate surface area is 186 Å². The first-order valence-corrected chi connectivity index (χ1v) is 12.5. The lowest BCUT2D eigenvalue weighted by atomic mass is 9.98. The third-order valence-electron chi connectivity index (χ3n) is 7.12. The van der Waals surface area contributed by atoms with Crippen LogP contribution in [0, 0.1) is 5.92 Å². The number of ether oxygens (including phenoxy) is 1. The zero-order valence-electron chi connectivity index (χ0n) is 19.4. The molecule has 6 nitrogen and oxygen atoms in total. The van der Waals surface area contributed by atoms with Crippen LogP contribution in [0.2, 0.25) is 0 Å². The number of hydrogen-bond donors (Lipinski definition) is 0. The van der Waals surface area contributed by atoms with E-state index in [1.165, 1.54) is 32.4 Å². The van der Waals surface area contributed by atoms with E-state index in [2.05, 4.69) is 18.7 Å². The summed E-state index contributed by atoms with van der Waals surface area (Å²) in [6, 6.07) is 2.17. The van der Waals surface area contributed by atoms with Crippen LogP contribution in [0.3, 0.4) is 0 Å². The van der Waals surface area contributed by atoms with Crippen molar-refractivity contribution in [2.75, 3.05) is 32.8 Å². The Morgan fingerprint density at radius 3 is 2.39 bits per heavy atom. The van der Waals surface area contributed by atoms with Gasteiger partial charge in [-0.2, -0.15) is 0 Å². The molecule has 31 heavy (non-hydrogen) atoms. The number of carbonyl (C=O) groups is 1. The van der Waals surface area contributed by atoms with Gasteiger partial charge in [0.2, 0.25) is 0 Å². The molecule has 1 aromatic rings. The van der Waals surface area contributed by atoms with E-state index in [9.17, 15) is 9.59 Å². The summed E-state index contributed by atoms with van der Waals surface area (Å²) in [5, 5.41) is 0. The Morgan fingerprint density at radius 1 is 1.00 bits per heavy atom. The molecule has 0 bridgehead atoms. The van der Waals surface area contributed by atoms with Crippen molar-refractivity contribution in [1.29, 1.82) is 0 Å². The zero-order valence-corrected chi connectivity index (χ0v) is 19.4. The lowest BCUT2D eigenvalue weighted by Gasteiger charge is -2.40. The molecule has 3 aliphatic heterocycles. The number of carbonyl (C=O) groups excluding carboxylic acids is 1. The highest BCUT2D eigenvalue weighted by Crippen LogP contribution is 2.29. The molecule has 1 amide bonds. The summed E-state index contributed by atoms with van der Waals surface area (Å²) >= 11 is 0. The van der Waals surface area contributed by atoms with Gasteiger partial charge >= 0.3 is 0 Å². The van der Waals surface area contributed by atoms with Gasteiger partial charge in [-0.05, 0) is 64.0 Å². The zero-order chi connectivity index (χ0) is 21.8. The molecule has 0 unspecified atom stereocenters. The first-order valence-electron chi connectivity index (χ1n) is 12.5. The summed E-state index contributed by atoms with van der Waals surface area (Å²) in [7, 11) is 0. The fraction of sp³-hybridized carbons (Fsp3) is 0.760. The maximum Gasteiger partial charge on any atom is 0.259 e. The van der Waals surface area contributed by atoms with E-state index >= 15 is 0 Å². The minimum Gasteiger partial charge on any atom is -0.492 e. The average Bonchev–Trinajstić information content (AvgIpc) is 3.05. The maximum absolute atomic E-state index is 13.8. The molecule has 2 fully saturated rings. The molecule has 0 aliphatic carbocycles. The van der Waals surface area contributed by atoms with Crippen molar-refractivity contribution in [2.45, 2.75) is 84.2 Å². The Bertz CT molecular complexity index is 818. The summed E-state index contributed by atoms with van der Waals surface area (Å²) in [4.78, 5) is 31.2. The van der Waals surface area contributed by atoms with Crippen molar-refractivity contribution in [3.8, 4) is 5.75 Å². The van der Waals surface area contributed by atoms with Gasteiger partial charge in [-0.15, -0.1) is 0 Å². The van der Waals surface area contributed by atoms with Crippen molar-refractivity contribution in [3.63, 3.8) is 0 Å². The fourth-order valence-electron chi connectivity index (χ4n) is 5.39. The van der Waals surface area contributed by atoms with E-state index in [1.54, 1.807) is 6.07 Å². The van der Waals surface area contributed by atoms with Crippen LogP contribution in [-0.2, 0) is 13.0 Å². The molecule has 3 aliphatic rings. The van der Waals surface area contributed by atoms with E-state index in [4.69, 9.17) is 4.74 Å². The quantitative estimate of drug-likeness (QED) is 0.716. The van der Waals surface area contributed by atoms with Crippen LogP contribution in [0.1, 0.15) is 81.3 Å².